The highest BCUT2D eigenvalue weighted by Crippen LogP contribution is 2.25. The van der Waals surface area contributed by atoms with Gasteiger partial charge in [0.1, 0.15) is 5.78 Å². The van der Waals surface area contributed by atoms with E-state index in [1.807, 2.05) is 0 Å². The molecule has 406 valence electrons. The predicted octanol–water partition coefficient (Wildman–Crippen LogP) is -0.435. The third kappa shape index (κ3) is 21.4. The number of rotatable bonds is 36. The first kappa shape index (κ1) is 61.0. The number of carbonyl (C=O) groups excluding carboxylic acids is 10. The number of likely N-dealkylation sites (tertiary alicyclic amines) is 1. The van der Waals surface area contributed by atoms with Crippen LogP contribution in [-0.4, -0.2) is 157 Å². The van der Waals surface area contributed by atoms with E-state index in [4.69, 9.17) is 11.5 Å². The van der Waals surface area contributed by atoms with Crippen molar-refractivity contribution in [1.29, 1.82) is 0 Å². The van der Waals surface area contributed by atoms with Gasteiger partial charge in [-0.3, -0.25) is 57.5 Å². The molecule has 0 aliphatic carbocycles. The number of H-pyrrole nitrogens is 1. The van der Waals surface area contributed by atoms with E-state index in [0.717, 1.165) is 0 Å². The molecule has 0 unspecified atom stereocenters. The molecule has 3 heterocycles. The number of ketones is 5. The number of nitrogens with one attached hydrogen (secondary N) is 5. The summed E-state index contributed by atoms with van der Waals surface area (Å²) in [5, 5.41) is 39.7. The topological polar surface area (TPSA) is 398 Å². The maximum Gasteiger partial charge on any atom is 0.306 e. The van der Waals surface area contributed by atoms with Crippen LogP contribution in [0.3, 0.4) is 0 Å². The minimum Gasteiger partial charge on any atom is -0.481 e. The van der Waals surface area contributed by atoms with Gasteiger partial charge < -0.3 is 57.9 Å². The number of unbranched alkanes of at least 4 members (excludes halogenated alkanes) is 1. The van der Waals surface area contributed by atoms with Crippen molar-refractivity contribution in [3.05, 3.63) is 18.2 Å². The Hall–Kier alpha value is -6.27. The molecule has 24 heteroatoms. The van der Waals surface area contributed by atoms with Gasteiger partial charge in [0.05, 0.1) is 60.9 Å². The first-order valence-electron chi connectivity index (χ1n) is 25.1. The second kappa shape index (κ2) is 30.7. The first-order valence-corrected chi connectivity index (χ1v) is 25.1. The molecule has 73 heavy (non-hydrogen) atoms. The van der Waals surface area contributed by atoms with Gasteiger partial charge in [-0.25, -0.2) is 4.98 Å². The number of aliphatic hydroxyl groups is 1. The molecule has 0 radical (unpaired) electrons. The number of carboxylic acid groups (broad SMARTS) is 2. The monoisotopic (exact) mass is 1030 g/mol. The molecule has 1 aromatic heterocycles. The Kier molecular flexibility index (Phi) is 25.7. The highest BCUT2D eigenvalue weighted by molar-refractivity contribution is 5.98. The first-order chi connectivity index (χ1) is 34.5. The number of aliphatic hydroxyl groups excluding tert-OH is 1. The molecule has 12 N–H and O–H groups in total. The van der Waals surface area contributed by atoms with Crippen molar-refractivity contribution in [2.75, 3.05) is 19.6 Å². The Morgan fingerprint density at radius 1 is 0.767 bits per heavy atom. The Bertz CT molecular complexity index is 2120. The third-order valence-corrected chi connectivity index (χ3v) is 13.2. The molecular weight excluding hydrogens is 955 g/mol. The lowest BCUT2D eigenvalue weighted by Gasteiger charge is -2.26. The second-order valence-electron chi connectivity index (χ2n) is 19.7. The number of nitrogens with zero attached hydrogens (tertiary/aromatic N) is 2. The van der Waals surface area contributed by atoms with E-state index in [1.165, 1.54) is 24.3 Å². The molecule has 0 spiro atoms. The largest absolute Gasteiger partial charge is 0.481 e. The van der Waals surface area contributed by atoms with E-state index in [1.54, 1.807) is 13.8 Å². The van der Waals surface area contributed by atoms with E-state index < -0.39 is 132 Å². The van der Waals surface area contributed by atoms with Crippen LogP contribution in [0.2, 0.25) is 0 Å². The van der Waals surface area contributed by atoms with E-state index in [2.05, 4.69) is 31.2 Å². The number of aliphatic carboxylic acids is 2. The van der Waals surface area contributed by atoms with Gasteiger partial charge in [0.25, 0.3) is 0 Å². The minimum atomic E-state index is -1.59. The number of carboxylic acids is 2. The zero-order valence-electron chi connectivity index (χ0n) is 42.1. The lowest BCUT2D eigenvalue weighted by atomic mass is 9.88. The van der Waals surface area contributed by atoms with Crippen molar-refractivity contribution in [3.63, 3.8) is 0 Å². The van der Waals surface area contributed by atoms with Gasteiger partial charge >= 0.3 is 11.9 Å². The molecule has 2 saturated heterocycles. The number of amides is 5. The van der Waals surface area contributed by atoms with Gasteiger partial charge in [-0.2, -0.15) is 0 Å². The highest BCUT2D eigenvalue weighted by atomic mass is 16.4. The fraction of sp³-hybridized carbons (Fsp3) is 0.694. The van der Waals surface area contributed by atoms with Crippen molar-refractivity contribution in [2.45, 2.75) is 173 Å². The third-order valence-electron chi connectivity index (χ3n) is 13.2. The maximum absolute atomic E-state index is 14.2. The Morgan fingerprint density at radius 2 is 1.45 bits per heavy atom. The second-order valence-corrected chi connectivity index (χ2v) is 19.7. The molecule has 0 saturated carbocycles. The van der Waals surface area contributed by atoms with Crippen LogP contribution in [0, 0.1) is 23.7 Å². The van der Waals surface area contributed by atoms with Crippen LogP contribution in [0.25, 0.3) is 0 Å². The average Bonchev–Trinajstić information content (AvgIpc) is 4.13. The molecule has 0 aromatic carbocycles. The summed E-state index contributed by atoms with van der Waals surface area (Å²) in [6.45, 7) is 5.92. The van der Waals surface area contributed by atoms with Gasteiger partial charge in [-0.15, -0.1) is 0 Å². The van der Waals surface area contributed by atoms with E-state index in [-0.39, 0.29) is 101 Å². The minimum absolute atomic E-state index is 0.145. The zero-order valence-corrected chi connectivity index (χ0v) is 42.1. The van der Waals surface area contributed by atoms with Crippen molar-refractivity contribution >= 4 is 70.4 Å². The normalized spacial score (nSPS) is 18.9. The lowest BCUT2D eigenvalue weighted by Crippen LogP contribution is -2.49. The van der Waals surface area contributed by atoms with Crippen LogP contribution >= 0.6 is 0 Å². The SMILES string of the molecule is CC(C)C[C@H](CC(=O)[C@H](Cc1cnc[nH]1)NC(=O)[C@H](CC(=O)O)CC(=O)[C@H](CCC(N)=O)NC(=O)CCC(=O)[C@@H]1C[C@@H](O)CN1)C(=O)N[C@@H](C)C(=O)CCC(=O)N1CCC[C@H]1C(=O)C[C@@H](CCCCN)C(=O)O. The number of imidazole rings is 1. The summed E-state index contributed by atoms with van der Waals surface area (Å²) in [4.78, 5) is 165. The van der Waals surface area contributed by atoms with Gasteiger partial charge in [-0.1, -0.05) is 20.3 Å². The molecule has 24 nitrogen and oxygen atoms in total. The van der Waals surface area contributed by atoms with Crippen LogP contribution in [-0.2, 0) is 64.0 Å². The summed E-state index contributed by atoms with van der Waals surface area (Å²) in [7, 11) is 0. The van der Waals surface area contributed by atoms with Crippen LogP contribution < -0.4 is 32.7 Å². The lowest BCUT2D eigenvalue weighted by molar-refractivity contribution is -0.145. The summed E-state index contributed by atoms with van der Waals surface area (Å²) < 4.78 is 0. The molecule has 3 rings (SSSR count). The van der Waals surface area contributed by atoms with E-state index >= 15 is 0 Å². The molecule has 2 fully saturated rings. The Balaban J connectivity index is 1.69. The highest BCUT2D eigenvalue weighted by Gasteiger charge is 2.38. The molecular formula is C49H75N9O15. The van der Waals surface area contributed by atoms with Crippen LogP contribution in [0.1, 0.15) is 136 Å². The Morgan fingerprint density at radius 3 is 2.05 bits per heavy atom. The Labute approximate surface area is 424 Å². The van der Waals surface area contributed by atoms with E-state index in [0.29, 0.717) is 37.9 Å². The summed E-state index contributed by atoms with van der Waals surface area (Å²) in [5.41, 5.74) is 11.2. The number of hydrogen-bond donors (Lipinski definition) is 10. The van der Waals surface area contributed by atoms with Crippen molar-refractivity contribution in [3.8, 4) is 0 Å². The number of nitrogens with two attached hydrogens (primary N) is 2. The van der Waals surface area contributed by atoms with E-state index in [9.17, 15) is 72.9 Å². The van der Waals surface area contributed by atoms with Gasteiger partial charge in [0.15, 0.2) is 23.1 Å². The molecule has 5 amide bonds. The van der Waals surface area contributed by atoms with Crippen LogP contribution in [0.15, 0.2) is 12.5 Å². The fourth-order valence-electron chi connectivity index (χ4n) is 9.11. The smallest absolute Gasteiger partial charge is 0.306 e. The van der Waals surface area contributed by atoms with Crippen LogP contribution in [0.4, 0.5) is 0 Å². The number of hydrogen-bond acceptors (Lipinski definition) is 16. The molecule has 9 atom stereocenters. The number of aromatic amines is 1. The number of aromatic nitrogens is 2. The summed E-state index contributed by atoms with van der Waals surface area (Å²) in [6.07, 6.45) is 0.328. The zero-order chi connectivity index (χ0) is 54.4. The molecule has 2 aliphatic heterocycles. The number of carbonyl (C=O) groups is 12. The van der Waals surface area contributed by atoms with Crippen molar-refractivity contribution in [2.24, 2.45) is 35.1 Å². The fourth-order valence-corrected chi connectivity index (χ4v) is 9.11. The summed E-state index contributed by atoms with van der Waals surface area (Å²) >= 11 is 0. The summed E-state index contributed by atoms with van der Waals surface area (Å²) in [5.74, 6) is -12.6. The van der Waals surface area contributed by atoms with Gasteiger partial charge in [0.2, 0.25) is 29.5 Å². The molecule has 0 bridgehead atoms. The van der Waals surface area contributed by atoms with Crippen molar-refractivity contribution in [1.82, 2.24) is 36.1 Å². The molecule has 1 aromatic rings. The van der Waals surface area contributed by atoms with Crippen LogP contribution in [0.5, 0.6) is 0 Å². The number of Topliss-reactive ketones (excluding diaryl/α,β-unsaturated/α-hetero) is 5. The molecule has 2 aliphatic rings. The maximum atomic E-state index is 14.2. The van der Waals surface area contributed by atoms with Gasteiger partial charge in [0, 0.05) is 88.7 Å². The predicted molar refractivity (Wildman–Crippen MR) is 259 cm³/mol. The average molecular weight is 1030 g/mol. The summed E-state index contributed by atoms with van der Waals surface area (Å²) in [6, 6.07) is -5.36. The van der Waals surface area contributed by atoms with Crippen molar-refractivity contribution < 1.29 is 72.9 Å². The number of primary amides is 1. The number of β-amino-alcohol motifs (C(OH)–C–C–N with tert-alkyl or cyclic N) is 1. The van der Waals surface area contributed by atoms with Gasteiger partial charge in [-0.05, 0) is 64.3 Å². The standard InChI is InChI=1S/C49H75N9O15/c1-27(2)17-30(47(70)55-28(3)38(60)11-14-45(67)58-16-6-8-37(58)42(64)18-29(49(72)73)7-4-5-15-50)19-41(63)36(22-32-24-52-26-54-32)57-48(71)31(21-46(68)69)20-40(62)34(9-12-43(51)65)56-44(66)13-10-39(61)35-23-33(59)25-53-35/h24,26-31,33-37,53,59H,4-23,25,50H2,1-3H3,(H2,51,65)(H,52,54)(H,55,70)(H,56,66)(H,57,71)(H,68,69)(H,72,73)/t28-,29+,30+,31-,33+,34-,35-,36-,37-/m0/s1. The quantitative estimate of drug-likeness (QED) is 0.0381.